The fourth-order valence-electron chi connectivity index (χ4n) is 3.19. The van der Waals surface area contributed by atoms with Crippen molar-refractivity contribution in [3.63, 3.8) is 0 Å². The summed E-state index contributed by atoms with van der Waals surface area (Å²) in [5.74, 6) is 0.735. The summed E-state index contributed by atoms with van der Waals surface area (Å²) in [5, 5.41) is 28.6. The van der Waals surface area contributed by atoms with Crippen molar-refractivity contribution in [3.8, 4) is 0 Å². The summed E-state index contributed by atoms with van der Waals surface area (Å²) in [6, 6.07) is 9.31. The van der Waals surface area contributed by atoms with E-state index in [2.05, 4.69) is 30.9 Å². The molecule has 0 saturated heterocycles. The van der Waals surface area contributed by atoms with E-state index in [1.54, 1.807) is 10.9 Å². The van der Waals surface area contributed by atoms with Crippen LogP contribution in [0.2, 0.25) is 0 Å². The summed E-state index contributed by atoms with van der Waals surface area (Å²) >= 11 is 0. The monoisotopic (exact) mass is 367 g/mol. The molecule has 2 aromatic heterocycles. The number of aliphatic hydroxyl groups excluding tert-OH is 1. The fraction of sp³-hybridized carbons (Fsp3) is 0.333. The van der Waals surface area contributed by atoms with Crippen LogP contribution >= 0.6 is 0 Å². The lowest BCUT2D eigenvalue weighted by molar-refractivity contribution is -0.119. The average molecular weight is 367 g/mol. The summed E-state index contributed by atoms with van der Waals surface area (Å²) in [5.41, 5.74) is 2.65. The molecule has 0 radical (unpaired) electrons. The molecule has 1 aliphatic heterocycles. The highest BCUT2D eigenvalue weighted by atomic mass is 16.3. The zero-order valence-corrected chi connectivity index (χ0v) is 14.9. The third-order valence-electron chi connectivity index (χ3n) is 4.53. The molecular formula is C18H21N7O2. The Labute approximate surface area is 155 Å². The maximum atomic E-state index is 12.4. The Hall–Kier alpha value is -3.04. The van der Waals surface area contributed by atoms with Crippen LogP contribution in [-0.2, 0) is 24.7 Å². The minimum absolute atomic E-state index is 0.204. The molecule has 2 atom stereocenters. The molecule has 4 N–H and O–H groups in total. The number of aromatic amines is 1. The minimum atomic E-state index is -1.12. The van der Waals surface area contributed by atoms with Gasteiger partial charge in [0.05, 0.1) is 17.4 Å². The van der Waals surface area contributed by atoms with Crippen LogP contribution in [0.5, 0.6) is 0 Å². The van der Waals surface area contributed by atoms with Crippen LogP contribution in [0.4, 0.5) is 5.69 Å². The molecule has 1 aromatic carbocycles. The third kappa shape index (κ3) is 3.88. The van der Waals surface area contributed by atoms with Gasteiger partial charge in [-0.2, -0.15) is 5.10 Å². The number of aromatic nitrogens is 5. The standard InChI is InChI=1S/C18H21N7O2/c1-25-10-14-12(24-25)7-8-13(17(26)20-14)19-18(27)16-21-15(22-23-16)9-11-5-3-2-4-6-11/h2-6,10,13,18-19,27H,7-9H2,1H3,(H,20,26)(H,21,22,23)/t13-,18?/m0/s1. The molecule has 1 unspecified atom stereocenters. The van der Waals surface area contributed by atoms with Gasteiger partial charge in [0.25, 0.3) is 0 Å². The smallest absolute Gasteiger partial charge is 0.241 e. The van der Waals surface area contributed by atoms with Gasteiger partial charge in [0, 0.05) is 19.7 Å². The van der Waals surface area contributed by atoms with Gasteiger partial charge in [0.2, 0.25) is 5.91 Å². The van der Waals surface area contributed by atoms with E-state index in [0.717, 1.165) is 11.3 Å². The number of rotatable bonds is 5. The number of carbonyl (C=O) groups is 1. The summed E-state index contributed by atoms with van der Waals surface area (Å²) in [4.78, 5) is 15.5. The highest BCUT2D eigenvalue weighted by molar-refractivity contribution is 5.95. The van der Waals surface area contributed by atoms with Crippen LogP contribution in [0.25, 0.3) is 0 Å². The van der Waals surface area contributed by atoms with Crippen molar-refractivity contribution in [2.75, 3.05) is 5.32 Å². The highest BCUT2D eigenvalue weighted by Crippen LogP contribution is 2.21. The summed E-state index contributed by atoms with van der Waals surface area (Å²) in [7, 11) is 1.82. The van der Waals surface area contributed by atoms with E-state index in [9.17, 15) is 9.90 Å². The third-order valence-corrected chi connectivity index (χ3v) is 4.53. The second-order valence-electron chi connectivity index (χ2n) is 6.63. The van der Waals surface area contributed by atoms with E-state index >= 15 is 0 Å². The van der Waals surface area contributed by atoms with E-state index in [1.807, 2.05) is 37.4 Å². The van der Waals surface area contributed by atoms with Crippen LogP contribution in [0.15, 0.2) is 36.5 Å². The average Bonchev–Trinajstić information content (AvgIpc) is 3.22. The molecule has 3 aromatic rings. The van der Waals surface area contributed by atoms with Gasteiger partial charge in [-0.15, -0.1) is 10.2 Å². The highest BCUT2D eigenvalue weighted by Gasteiger charge is 2.28. The maximum Gasteiger partial charge on any atom is 0.241 e. The van der Waals surface area contributed by atoms with Crippen molar-refractivity contribution in [2.45, 2.75) is 31.5 Å². The van der Waals surface area contributed by atoms with Crippen molar-refractivity contribution in [3.05, 3.63) is 59.4 Å². The lowest BCUT2D eigenvalue weighted by Gasteiger charge is -2.18. The molecule has 9 nitrogen and oxygen atoms in total. The predicted molar refractivity (Wildman–Crippen MR) is 97.7 cm³/mol. The normalized spacial score (nSPS) is 17.9. The second-order valence-corrected chi connectivity index (χ2v) is 6.63. The molecule has 0 spiro atoms. The summed E-state index contributed by atoms with van der Waals surface area (Å²) in [6.45, 7) is 0. The largest absolute Gasteiger partial charge is 0.371 e. The Morgan fingerprint density at radius 3 is 2.96 bits per heavy atom. The predicted octanol–water partition coefficient (Wildman–Crippen LogP) is 0.663. The zero-order chi connectivity index (χ0) is 18.8. The molecule has 0 bridgehead atoms. The van der Waals surface area contributed by atoms with Gasteiger partial charge >= 0.3 is 0 Å². The van der Waals surface area contributed by atoms with Crippen molar-refractivity contribution in [1.82, 2.24) is 30.3 Å². The number of hydrogen-bond donors (Lipinski definition) is 4. The first-order valence-electron chi connectivity index (χ1n) is 8.81. The van der Waals surface area contributed by atoms with Gasteiger partial charge in [-0.05, 0) is 18.4 Å². The quantitative estimate of drug-likeness (QED) is 0.492. The van der Waals surface area contributed by atoms with Gasteiger partial charge in [-0.25, -0.2) is 0 Å². The molecule has 4 rings (SSSR count). The summed E-state index contributed by atoms with van der Waals surface area (Å²) in [6.07, 6.45) is 2.41. The van der Waals surface area contributed by atoms with Crippen LogP contribution in [0, 0.1) is 0 Å². The number of nitrogens with one attached hydrogen (secondary N) is 3. The Balaban J connectivity index is 1.40. The number of nitrogens with zero attached hydrogens (tertiary/aromatic N) is 4. The topological polar surface area (TPSA) is 121 Å². The number of amides is 1. The number of fused-ring (bicyclic) bond motifs is 1. The summed E-state index contributed by atoms with van der Waals surface area (Å²) < 4.78 is 1.68. The van der Waals surface area contributed by atoms with Crippen molar-refractivity contribution in [1.29, 1.82) is 0 Å². The number of aliphatic hydroxyl groups is 1. The maximum absolute atomic E-state index is 12.4. The van der Waals surface area contributed by atoms with E-state index in [0.29, 0.717) is 30.8 Å². The van der Waals surface area contributed by atoms with Crippen LogP contribution in [0.3, 0.4) is 0 Å². The van der Waals surface area contributed by atoms with Crippen molar-refractivity contribution in [2.24, 2.45) is 7.05 Å². The Kier molecular flexibility index (Phi) is 4.69. The van der Waals surface area contributed by atoms with Gasteiger partial charge in [0.1, 0.15) is 5.82 Å². The van der Waals surface area contributed by atoms with Crippen molar-refractivity contribution < 1.29 is 9.90 Å². The van der Waals surface area contributed by atoms with Crippen LogP contribution in [0.1, 0.15) is 35.6 Å². The molecular weight excluding hydrogens is 346 g/mol. The second kappa shape index (κ2) is 7.29. The molecule has 140 valence electrons. The Morgan fingerprint density at radius 2 is 2.15 bits per heavy atom. The molecule has 3 heterocycles. The van der Waals surface area contributed by atoms with Gasteiger partial charge < -0.3 is 15.4 Å². The van der Waals surface area contributed by atoms with E-state index in [4.69, 9.17) is 0 Å². The van der Waals surface area contributed by atoms with E-state index < -0.39 is 12.3 Å². The van der Waals surface area contributed by atoms with Crippen LogP contribution in [-0.4, -0.2) is 42.0 Å². The number of benzene rings is 1. The molecule has 0 fully saturated rings. The van der Waals surface area contributed by atoms with Crippen LogP contribution < -0.4 is 10.6 Å². The zero-order valence-electron chi connectivity index (χ0n) is 14.9. The van der Waals surface area contributed by atoms with E-state index in [1.165, 1.54) is 0 Å². The molecule has 9 heteroatoms. The number of aryl methyl sites for hydroxylation is 2. The fourth-order valence-corrected chi connectivity index (χ4v) is 3.19. The molecule has 1 aliphatic rings. The van der Waals surface area contributed by atoms with Gasteiger partial charge in [-0.1, -0.05) is 30.3 Å². The van der Waals surface area contributed by atoms with E-state index in [-0.39, 0.29) is 11.7 Å². The molecule has 1 amide bonds. The Morgan fingerprint density at radius 1 is 1.33 bits per heavy atom. The molecule has 0 aliphatic carbocycles. The number of H-pyrrole nitrogens is 1. The molecule has 0 saturated carbocycles. The lowest BCUT2D eigenvalue weighted by atomic mass is 10.1. The molecule has 27 heavy (non-hydrogen) atoms. The number of carbonyl (C=O) groups excluding carboxylic acids is 1. The SMILES string of the molecule is Cn1cc2c(n1)CC[C@H](NC(O)c1nnc(Cc3ccccc3)[nH]1)C(=O)N2. The minimum Gasteiger partial charge on any atom is -0.371 e. The van der Waals surface area contributed by atoms with Crippen molar-refractivity contribution >= 4 is 11.6 Å². The first-order chi connectivity index (χ1) is 13.1. The first kappa shape index (κ1) is 17.4. The Bertz CT molecular complexity index is 934. The van der Waals surface area contributed by atoms with Gasteiger partial charge in [0.15, 0.2) is 12.1 Å². The van der Waals surface area contributed by atoms with Gasteiger partial charge in [-0.3, -0.25) is 14.8 Å². The lowest BCUT2D eigenvalue weighted by Crippen LogP contribution is -2.42. The number of hydrogen-bond acceptors (Lipinski definition) is 6. The first-order valence-corrected chi connectivity index (χ1v) is 8.81. The number of anilines is 1.